The van der Waals surface area contributed by atoms with Crippen LogP contribution in [0.4, 0.5) is 0 Å². The van der Waals surface area contributed by atoms with Gasteiger partial charge in [-0.25, -0.2) is 4.68 Å². The number of hydrogen-bond donors (Lipinski definition) is 0. The number of rotatable bonds is 2. The quantitative estimate of drug-likeness (QED) is 0.842. The SMILES string of the molecule is Cc1ccc(=O)n(Cc2c(Br)c(C)nn2C)n1. The van der Waals surface area contributed by atoms with Crippen molar-refractivity contribution >= 4 is 15.9 Å². The summed E-state index contributed by atoms with van der Waals surface area (Å²) < 4.78 is 4.13. The summed E-state index contributed by atoms with van der Waals surface area (Å²) in [4.78, 5) is 11.7. The van der Waals surface area contributed by atoms with Crippen molar-refractivity contribution in [3.8, 4) is 0 Å². The third-order valence-corrected chi connectivity index (χ3v) is 3.59. The van der Waals surface area contributed by atoms with Gasteiger partial charge in [-0.3, -0.25) is 9.48 Å². The molecule has 0 unspecified atom stereocenters. The zero-order valence-electron chi connectivity index (χ0n) is 9.94. The highest BCUT2D eigenvalue weighted by molar-refractivity contribution is 9.10. The Kier molecular flexibility index (Phi) is 3.15. The number of nitrogens with zero attached hydrogens (tertiary/aromatic N) is 4. The number of halogens is 1. The van der Waals surface area contributed by atoms with Gasteiger partial charge in [-0.2, -0.15) is 10.2 Å². The van der Waals surface area contributed by atoms with Gasteiger partial charge in [-0.1, -0.05) is 0 Å². The van der Waals surface area contributed by atoms with Crippen molar-refractivity contribution in [2.24, 2.45) is 7.05 Å². The molecule has 17 heavy (non-hydrogen) atoms. The third-order valence-electron chi connectivity index (χ3n) is 2.56. The highest BCUT2D eigenvalue weighted by Crippen LogP contribution is 2.20. The maximum absolute atomic E-state index is 11.7. The van der Waals surface area contributed by atoms with Crippen molar-refractivity contribution in [2.75, 3.05) is 0 Å². The molecule has 2 heterocycles. The smallest absolute Gasteiger partial charge is 0.267 e. The second-order valence-electron chi connectivity index (χ2n) is 3.94. The minimum Gasteiger partial charge on any atom is -0.269 e. The summed E-state index contributed by atoms with van der Waals surface area (Å²) >= 11 is 3.48. The summed E-state index contributed by atoms with van der Waals surface area (Å²) in [5.41, 5.74) is 2.55. The largest absolute Gasteiger partial charge is 0.269 e. The second kappa shape index (κ2) is 4.44. The first-order chi connectivity index (χ1) is 7.99. The van der Waals surface area contributed by atoms with Crippen LogP contribution in [-0.4, -0.2) is 19.6 Å². The van der Waals surface area contributed by atoms with Crippen LogP contribution in [0.3, 0.4) is 0 Å². The van der Waals surface area contributed by atoms with Crippen molar-refractivity contribution < 1.29 is 0 Å². The Hall–Kier alpha value is -1.43. The number of aryl methyl sites for hydroxylation is 3. The van der Waals surface area contributed by atoms with Crippen LogP contribution in [0, 0.1) is 13.8 Å². The Morgan fingerprint density at radius 2 is 2.00 bits per heavy atom. The van der Waals surface area contributed by atoms with Gasteiger partial charge in [0, 0.05) is 13.1 Å². The fourth-order valence-electron chi connectivity index (χ4n) is 1.66. The first kappa shape index (κ1) is 12.0. The molecule has 0 aromatic carbocycles. The summed E-state index contributed by atoms with van der Waals surface area (Å²) in [6, 6.07) is 3.24. The van der Waals surface area contributed by atoms with Crippen LogP contribution in [-0.2, 0) is 13.6 Å². The van der Waals surface area contributed by atoms with Crippen LogP contribution in [0.25, 0.3) is 0 Å². The second-order valence-corrected chi connectivity index (χ2v) is 4.73. The normalized spacial score (nSPS) is 10.8. The Labute approximate surface area is 107 Å². The molecule has 0 bridgehead atoms. The molecule has 6 heteroatoms. The highest BCUT2D eigenvalue weighted by Gasteiger charge is 2.12. The Bertz CT molecular complexity index is 614. The van der Waals surface area contributed by atoms with Crippen LogP contribution in [0.1, 0.15) is 17.1 Å². The van der Waals surface area contributed by atoms with Crippen molar-refractivity contribution in [2.45, 2.75) is 20.4 Å². The standard InChI is InChI=1S/C11H13BrN4O/c1-7-4-5-10(17)16(13-7)6-9-11(12)8(2)14-15(9)3/h4-5H,6H2,1-3H3. The van der Waals surface area contributed by atoms with E-state index in [0.29, 0.717) is 6.54 Å². The van der Waals surface area contributed by atoms with E-state index in [1.807, 2.05) is 20.9 Å². The lowest BCUT2D eigenvalue weighted by molar-refractivity contribution is 0.583. The van der Waals surface area contributed by atoms with Gasteiger partial charge >= 0.3 is 0 Å². The topological polar surface area (TPSA) is 52.7 Å². The predicted octanol–water partition coefficient (Wildman–Crippen LogP) is 1.40. The van der Waals surface area contributed by atoms with Gasteiger partial charge in [0.2, 0.25) is 0 Å². The lowest BCUT2D eigenvalue weighted by atomic mass is 10.3. The summed E-state index contributed by atoms with van der Waals surface area (Å²) in [6.45, 7) is 4.19. The van der Waals surface area contributed by atoms with E-state index in [-0.39, 0.29) is 5.56 Å². The minimum atomic E-state index is -0.110. The van der Waals surface area contributed by atoms with Crippen LogP contribution >= 0.6 is 15.9 Å². The zero-order valence-corrected chi connectivity index (χ0v) is 11.5. The summed E-state index contributed by atoms with van der Waals surface area (Å²) in [6.07, 6.45) is 0. The fourth-order valence-corrected chi connectivity index (χ4v) is 2.12. The molecule has 5 nitrogen and oxygen atoms in total. The lowest BCUT2D eigenvalue weighted by Gasteiger charge is -2.06. The molecule has 0 aliphatic heterocycles. The van der Waals surface area contributed by atoms with E-state index >= 15 is 0 Å². The van der Waals surface area contributed by atoms with E-state index in [1.165, 1.54) is 10.7 Å². The van der Waals surface area contributed by atoms with Crippen molar-refractivity contribution in [3.05, 3.63) is 44.0 Å². The Morgan fingerprint density at radius 1 is 1.29 bits per heavy atom. The van der Waals surface area contributed by atoms with Gasteiger partial charge in [0.1, 0.15) is 0 Å². The van der Waals surface area contributed by atoms with Gasteiger partial charge in [0.15, 0.2) is 0 Å². The molecule has 0 aliphatic rings. The summed E-state index contributed by atoms with van der Waals surface area (Å²) in [5, 5.41) is 8.49. The van der Waals surface area contributed by atoms with Crippen molar-refractivity contribution in [3.63, 3.8) is 0 Å². The molecular formula is C11H13BrN4O. The van der Waals surface area contributed by atoms with Gasteiger partial charge in [0.05, 0.1) is 28.1 Å². The maximum atomic E-state index is 11.7. The molecule has 0 saturated heterocycles. The van der Waals surface area contributed by atoms with Crippen LogP contribution < -0.4 is 5.56 Å². The predicted molar refractivity (Wildman–Crippen MR) is 68.0 cm³/mol. The Morgan fingerprint density at radius 3 is 2.59 bits per heavy atom. The first-order valence-corrected chi connectivity index (χ1v) is 6.01. The summed E-state index contributed by atoms with van der Waals surface area (Å²) in [5.74, 6) is 0. The van der Waals surface area contributed by atoms with Crippen molar-refractivity contribution in [1.29, 1.82) is 0 Å². The van der Waals surface area contributed by atoms with E-state index in [0.717, 1.165) is 21.6 Å². The maximum Gasteiger partial charge on any atom is 0.267 e. The van der Waals surface area contributed by atoms with Gasteiger partial charge < -0.3 is 0 Å². The molecule has 0 fully saturated rings. The average Bonchev–Trinajstić information content (AvgIpc) is 2.50. The van der Waals surface area contributed by atoms with Gasteiger partial charge in [0.25, 0.3) is 5.56 Å². The molecule has 0 radical (unpaired) electrons. The highest BCUT2D eigenvalue weighted by atomic mass is 79.9. The average molecular weight is 297 g/mol. The molecule has 0 amide bonds. The van der Waals surface area contributed by atoms with Crippen molar-refractivity contribution in [1.82, 2.24) is 19.6 Å². The van der Waals surface area contributed by atoms with E-state index < -0.39 is 0 Å². The van der Waals surface area contributed by atoms with Crippen LogP contribution in [0.5, 0.6) is 0 Å². The lowest BCUT2D eigenvalue weighted by Crippen LogP contribution is -2.24. The molecule has 2 aromatic heterocycles. The number of aromatic nitrogens is 4. The third kappa shape index (κ3) is 2.31. The van der Waals surface area contributed by atoms with Crippen LogP contribution in [0.2, 0.25) is 0 Å². The van der Waals surface area contributed by atoms with Gasteiger partial charge in [-0.15, -0.1) is 0 Å². The minimum absolute atomic E-state index is 0.110. The van der Waals surface area contributed by atoms with E-state index in [2.05, 4.69) is 26.1 Å². The van der Waals surface area contributed by atoms with E-state index in [4.69, 9.17) is 0 Å². The molecule has 0 aliphatic carbocycles. The fraction of sp³-hybridized carbons (Fsp3) is 0.364. The van der Waals surface area contributed by atoms with Crippen LogP contribution in [0.15, 0.2) is 21.4 Å². The molecule has 0 saturated carbocycles. The van der Waals surface area contributed by atoms with E-state index in [1.54, 1.807) is 10.7 Å². The molecule has 0 N–H and O–H groups in total. The van der Waals surface area contributed by atoms with E-state index in [9.17, 15) is 4.79 Å². The molecule has 0 spiro atoms. The first-order valence-electron chi connectivity index (χ1n) is 5.22. The molecule has 2 aromatic rings. The molecule has 0 atom stereocenters. The summed E-state index contributed by atoms with van der Waals surface area (Å²) in [7, 11) is 1.86. The molecule has 2 rings (SSSR count). The molecular weight excluding hydrogens is 284 g/mol. The number of hydrogen-bond acceptors (Lipinski definition) is 3. The monoisotopic (exact) mass is 296 g/mol. The zero-order chi connectivity index (χ0) is 12.6. The van der Waals surface area contributed by atoms with Gasteiger partial charge in [-0.05, 0) is 35.8 Å². The Balaban J connectivity index is 2.44. The molecule has 90 valence electrons.